The normalized spacial score (nSPS) is 14.5. The maximum absolute atomic E-state index is 9.67. The Bertz CT molecular complexity index is 1250. The first-order valence-corrected chi connectivity index (χ1v) is 10.5. The van der Waals surface area contributed by atoms with E-state index in [2.05, 4.69) is 25.4 Å². The van der Waals surface area contributed by atoms with Crippen LogP contribution in [0, 0.1) is 0 Å². The molecule has 0 radical (unpaired) electrons. The number of pyridine rings is 1. The summed E-state index contributed by atoms with van der Waals surface area (Å²) in [5.74, 6) is 1.24. The number of nitrogens with one attached hydrogen (secondary N) is 1. The highest BCUT2D eigenvalue weighted by molar-refractivity contribution is 6.29. The second-order valence-corrected chi connectivity index (χ2v) is 8.31. The van der Waals surface area contributed by atoms with Crippen molar-refractivity contribution in [3.8, 4) is 22.4 Å². The summed E-state index contributed by atoms with van der Waals surface area (Å²) in [4.78, 5) is 12.9. The summed E-state index contributed by atoms with van der Waals surface area (Å²) in [6.45, 7) is 0. The van der Waals surface area contributed by atoms with E-state index in [1.54, 1.807) is 17.1 Å². The zero-order valence-electron chi connectivity index (χ0n) is 17.3. The largest absolute Gasteiger partial charge is 0.367 e. The lowest BCUT2D eigenvalue weighted by Gasteiger charge is -2.18. The van der Waals surface area contributed by atoms with Gasteiger partial charge in [0.2, 0.25) is 0 Å². The third-order valence-electron chi connectivity index (χ3n) is 5.91. The van der Waals surface area contributed by atoms with Crippen molar-refractivity contribution >= 4 is 23.2 Å². The summed E-state index contributed by atoms with van der Waals surface area (Å²) in [6.07, 6.45) is 6.88. The first-order chi connectivity index (χ1) is 15.5. The Morgan fingerprint density at radius 3 is 2.38 bits per heavy atom. The molecule has 0 spiro atoms. The van der Waals surface area contributed by atoms with Crippen molar-refractivity contribution in [1.82, 2.24) is 24.7 Å². The van der Waals surface area contributed by atoms with Crippen LogP contribution in [-0.4, -0.2) is 41.2 Å². The lowest BCUT2D eigenvalue weighted by molar-refractivity contribution is -0.0694. The molecule has 32 heavy (non-hydrogen) atoms. The molecule has 0 unspecified atom stereocenters. The van der Waals surface area contributed by atoms with E-state index < -0.39 is 11.7 Å². The minimum absolute atomic E-state index is 0.299. The molecule has 1 aliphatic rings. The Morgan fingerprint density at radius 2 is 1.75 bits per heavy atom. The molecule has 1 saturated carbocycles. The zero-order chi connectivity index (χ0) is 22.3. The van der Waals surface area contributed by atoms with Crippen molar-refractivity contribution < 1.29 is 10.2 Å². The average Bonchev–Trinajstić information content (AvgIpc) is 3.54. The summed E-state index contributed by atoms with van der Waals surface area (Å²) in [5, 5.41) is 27.2. The molecule has 0 aliphatic heterocycles. The van der Waals surface area contributed by atoms with Gasteiger partial charge in [-0.25, -0.2) is 4.98 Å². The fourth-order valence-electron chi connectivity index (χ4n) is 3.85. The maximum Gasteiger partial charge on any atom is 0.161 e. The van der Waals surface area contributed by atoms with Gasteiger partial charge in [0, 0.05) is 24.2 Å². The van der Waals surface area contributed by atoms with Crippen LogP contribution >= 0.6 is 11.6 Å². The molecule has 8 nitrogen and oxygen atoms in total. The summed E-state index contributed by atoms with van der Waals surface area (Å²) < 4.78 is 1.70. The highest BCUT2D eigenvalue weighted by Gasteiger charge is 2.49. The molecular weight excluding hydrogens is 428 g/mol. The summed E-state index contributed by atoms with van der Waals surface area (Å²) >= 11 is 5.94. The van der Waals surface area contributed by atoms with E-state index in [1.807, 2.05) is 49.6 Å². The van der Waals surface area contributed by atoms with Crippen molar-refractivity contribution in [3.05, 3.63) is 71.9 Å². The SMILES string of the molecule is Cn1ncc(-c2ccc(-c3ccc(C4(C(O)O)CC4)cc3)cn2)c1Nc1cncc(Cl)n1. The molecule has 0 atom stereocenters. The number of rotatable bonds is 6. The van der Waals surface area contributed by atoms with Crippen molar-refractivity contribution in [3.63, 3.8) is 0 Å². The molecule has 0 amide bonds. The van der Waals surface area contributed by atoms with Crippen LogP contribution in [0.25, 0.3) is 22.4 Å². The van der Waals surface area contributed by atoms with Crippen LogP contribution in [0.1, 0.15) is 18.4 Å². The van der Waals surface area contributed by atoms with Gasteiger partial charge in [-0.3, -0.25) is 14.6 Å². The number of aliphatic hydroxyl groups excluding tert-OH is 1. The molecule has 3 N–H and O–H groups in total. The monoisotopic (exact) mass is 448 g/mol. The van der Waals surface area contributed by atoms with Crippen molar-refractivity contribution in [2.75, 3.05) is 5.32 Å². The molecule has 4 aromatic rings. The molecule has 3 aromatic heterocycles. The van der Waals surface area contributed by atoms with Crippen molar-refractivity contribution in [2.45, 2.75) is 24.5 Å². The van der Waals surface area contributed by atoms with E-state index in [1.165, 1.54) is 6.20 Å². The van der Waals surface area contributed by atoms with Crippen LogP contribution in [0.2, 0.25) is 5.15 Å². The van der Waals surface area contributed by atoms with Gasteiger partial charge in [-0.05, 0) is 30.0 Å². The van der Waals surface area contributed by atoms with Crippen LogP contribution in [0.3, 0.4) is 0 Å². The van der Waals surface area contributed by atoms with Gasteiger partial charge in [0.15, 0.2) is 12.1 Å². The summed E-state index contributed by atoms with van der Waals surface area (Å²) in [6, 6.07) is 11.8. The van der Waals surface area contributed by atoms with Gasteiger partial charge in [0.05, 0.1) is 29.8 Å². The third-order valence-corrected chi connectivity index (χ3v) is 6.09. The molecule has 1 fully saturated rings. The Balaban J connectivity index is 1.39. The van der Waals surface area contributed by atoms with Gasteiger partial charge in [-0.2, -0.15) is 5.10 Å². The van der Waals surface area contributed by atoms with Crippen LogP contribution < -0.4 is 5.32 Å². The number of hydrogen-bond acceptors (Lipinski definition) is 7. The highest BCUT2D eigenvalue weighted by Crippen LogP contribution is 2.50. The number of aryl methyl sites for hydroxylation is 1. The summed E-state index contributed by atoms with van der Waals surface area (Å²) in [5.41, 5.74) is 4.01. The first kappa shape index (κ1) is 20.6. The Kier molecular flexibility index (Phi) is 5.13. The topological polar surface area (TPSA) is 109 Å². The van der Waals surface area contributed by atoms with E-state index in [4.69, 9.17) is 11.6 Å². The van der Waals surface area contributed by atoms with Crippen LogP contribution in [-0.2, 0) is 12.5 Å². The molecule has 3 heterocycles. The van der Waals surface area contributed by atoms with Gasteiger partial charge in [0.25, 0.3) is 0 Å². The lowest BCUT2D eigenvalue weighted by atomic mass is 9.93. The van der Waals surface area contributed by atoms with Gasteiger partial charge < -0.3 is 15.5 Å². The first-order valence-electron chi connectivity index (χ1n) is 10.2. The molecular formula is C23H21ClN6O2. The molecule has 1 aromatic carbocycles. The molecule has 0 bridgehead atoms. The minimum atomic E-state index is -1.32. The van der Waals surface area contributed by atoms with E-state index in [0.29, 0.717) is 11.0 Å². The second kappa shape index (κ2) is 7.98. The molecule has 9 heteroatoms. The fourth-order valence-corrected chi connectivity index (χ4v) is 3.99. The number of anilines is 2. The lowest BCUT2D eigenvalue weighted by Crippen LogP contribution is -2.25. The molecule has 0 saturated heterocycles. The van der Waals surface area contributed by atoms with Gasteiger partial charge in [-0.15, -0.1) is 0 Å². The minimum Gasteiger partial charge on any atom is -0.367 e. The van der Waals surface area contributed by atoms with Gasteiger partial charge in [0.1, 0.15) is 11.0 Å². The molecule has 1 aliphatic carbocycles. The van der Waals surface area contributed by atoms with E-state index in [0.717, 1.165) is 46.6 Å². The highest BCUT2D eigenvalue weighted by atomic mass is 35.5. The van der Waals surface area contributed by atoms with Crippen LogP contribution in [0.15, 0.2) is 61.2 Å². The predicted molar refractivity (Wildman–Crippen MR) is 121 cm³/mol. The fraction of sp³-hybridized carbons (Fsp3) is 0.217. The van der Waals surface area contributed by atoms with E-state index >= 15 is 0 Å². The average molecular weight is 449 g/mol. The van der Waals surface area contributed by atoms with Gasteiger partial charge >= 0.3 is 0 Å². The standard InChI is InChI=1S/C23H21ClN6O2/c1-30-21(29-20-13-25-12-19(24)28-20)17(11-27-30)18-7-4-15(10-26-18)14-2-5-16(6-3-14)23(8-9-23)22(31)32/h2-7,10-13,22,31-32H,8-9H2,1H3,(H,28,29). The smallest absolute Gasteiger partial charge is 0.161 e. The van der Waals surface area contributed by atoms with Crippen molar-refractivity contribution in [2.24, 2.45) is 7.05 Å². The zero-order valence-corrected chi connectivity index (χ0v) is 18.0. The number of aliphatic hydroxyl groups is 2. The van der Waals surface area contributed by atoms with Crippen molar-refractivity contribution in [1.29, 1.82) is 0 Å². The predicted octanol–water partition coefficient (Wildman–Crippen LogP) is 3.68. The van der Waals surface area contributed by atoms with Crippen LogP contribution in [0.4, 0.5) is 11.6 Å². The van der Waals surface area contributed by atoms with Crippen LogP contribution in [0.5, 0.6) is 0 Å². The number of hydrogen-bond donors (Lipinski definition) is 3. The summed E-state index contributed by atoms with van der Waals surface area (Å²) in [7, 11) is 1.83. The Hall–Kier alpha value is -3.33. The Morgan fingerprint density at radius 1 is 1.00 bits per heavy atom. The third kappa shape index (κ3) is 3.73. The Labute approximate surface area is 189 Å². The number of aromatic nitrogens is 5. The quantitative estimate of drug-likeness (QED) is 0.386. The number of benzene rings is 1. The second-order valence-electron chi connectivity index (χ2n) is 7.92. The van der Waals surface area contributed by atoms with E-state index in [-0.39, 0.29) is 0 Å². The number of halogens is 1. The molecule has 5 rings (SSSR count). The number of nitrogens with zero attached hydrogens (tertiary/aromatic N) is 5. The van der Waals surface area contributed by atoms with E-state index in [9.17, 15) is 10.2 Å². The maximum atomic E-state index is 9.67. The molecule has 162 valence electrons. The van der Waals surface area contributed by atoms with Gasteiger partial charge in [-0.1, -0.05) is 41.9 Å².